The molecule has 0 aliphatic carbocycles. The highest BCUT2D eigenvalue weighted by atomic mass is 16.3. The predicted molar refractivity (Wildman–Crippen MR) is 50.5 cm³/mol. The van der Waals surface area contributed by atoms with Crippen molar-refractivity contribution in [1.29, 1.82) is 0 Å². The summed E-state index contributed by atoms with van der Waals surface area (Å²) in [6.07, 6.45) is 1.03. The zero-order valence-corrected chi connectivity index (χ0v) is 8.39. The highest BCUT2D eigenvalue weighted by Crippen LogP contribution is 2.36. The molecule has 0 bridgehead atoms. The van der Waals surface area contributed by atoms with Crippen LogP contribution in [0.25, 0.3) is 0 Å². The average Bonchev–Trinajstić information content (AvgIpc) is 2.57. The number of nitrogens with zero attached hydrogens (tertiary/aromatic N) is 1. The van der Waals surface area contributed by atoms with E-state index in [1.165, 1.54) is 0 Å². The minimum Gasteiger partial charge on any atom is -0.388 e. The van der Waals surface area contributed by atoms with Crippen LogP contribution in [0.5, 0.6) is 0 Å². The van der Waals surface area contributed by atoms with Gasteiger partial charge in [0.25, 0.3) is 0 Å². The molecule has 0 saturated carbocycles. The van der Waals surface area contributed by atoms with E-state index in [-0.39, 0.29) is 17.9 Å². The van der Waals surface area contributed by atoms with Gasteiger partial charge in [0.15, 0.2) is 0 Å². The van der Waals surface area contributed by atoms with Crippen LogP contribution in [0, 0.1) is 5.92 Å². The standard InChI is InChI=1S/C10H17NO3/c1-2-3-6-4-8(13)11-5-7(12)10(14)9(6)11/h6-7,9-10,12,14H,2-5H2,1H3/t6-,7-,9-,10+/m0/s1. The molecule has 2 heterocycles. The van der Waals surface area contributed by atoms with E-state index in [9.17, 15) is 15.0 Å². The smallest absolute Gasteiger partial charge is 0.223 e. The van der Waals surface area contributed by atoms with Crippen molar-refractivity contribution in [3.8, 4) is 0 Å². The topological polar surface area (TPSA) is 60.8 Å². The van der Waals surface area contributed by atoms with Gasteiger partial charge in [-0.3, -0.25) is 4.79 Å². The van der Waals surface area contributed by atoms with Crippen LogP contribution in [0.3, 0.4) is 0 Å². The number of hydrogen-bond donors (Lipinski definition) is 2. The van der Waals surface area contributed by atoms with Crippen molar-refractivity contribution in [2.45, 2.75) is 44.4 Å². The van der Waals surface area contributed by atoms with E-state index in [1.54, 1.807) is 4.90 Å². The van der Waals surface area contributed by atoms with Gasteiger partial charge in [0.05, 0.1) is 12.1 Å². The third-order valence-electron chi connectivity index (χ3n) is 3.39. The Kier molecular flexibility index (Phi) is 2.49. The average molecular weight is 199 g/mol. The second-order valence-electron chi connectivity index (χ2n) is 4.35. The summed E-state index contributed by atoms with van der Waals surface area (Å²) < 4.78 is 0. The van der Waals surface area contributed by atoms with Crippen molar-refractivity contribution in [1.82, 2.24) is 4.90 Å². The highest BCUT2D eigenvalue weighted by Gasteiger charge is 2.50. The molecule has 2 saturated heterocycles. The number of hydrogen-bond acceptors (Lipinski definition) is 3. The molecule has 2 N–H and O–H groups in total. The van der Waals surface area contributed by atoms with E-state index in [4.69, 9.17) is 0 Å². The molecule has 2 fully saturated rings. The molecule has 0 radical (unpaired) electrons. The summed E-state index contributed by atoms with van der Waals surface area (Å²) in [5, 5.41) is 19.2. The van der Waals surface area contributed by atoms with Gasteiger partial charge in [0.2, 0.25) is 5.91 Å². The first kappa shape index (κ1) is 9.93. The number of fused-ring (bicyclic) bond motifs is 1. The summed E-state index contributed by atoms with van der Waals surface area (Å²) in [5.41, 5.74) is 0. The van der Waals surface area contributed by atoms with Crippen LogP contribution in [-0.2, 0) is 4.79 Å². The molecule has 0 unspecified atom stereocenters. The second-order valence-corrected chi connectivity index (χ2v) is 4.35. The van der Waals surface area contributed by atoms with E-state index in [0.29, 0.717) is 13.0 Å². The molecule has 2 aliphatic rings. The lowest BCUT2D eigenvalue weighted by Gasteiger charge is -2.22. The van der Waals surface area contributed by atoms with Gasteiger partial charge in [-0.2, -0.15) is 0 Å². The van der Waals surface area contributed by atoms with Gasteiger partial charge in [0.1, 0.15) is 6.10 Å². The van der Waals surface area contributed by atoms with Crippen molar-refractivity contribution in [2.24, 2.45) is 5.92 Å². The third-order valence-corrected chi connectivity index (χ3v) is 3.39. The number of carbonyl (C=O) groups is 1. The molecule has 2 aliphatic heterocycles. The lowest BCUT2D eigenvalue weighted by Crippen LogP contribution is -2.36. The van der Waals surface area contributed by atoms with Crippen molar-refractivity contribution < 1.29 is 15.0 Å². The van der Waals surface area contributed by atoms with E-state index in [0.717, 1.165) is 12.8 Å². The van der Waals surface area contributed by atoms with Crippen molar-refractivity contribution in [2.75, 3.05) is 6.54 Å². The first-order valence-corrected chi connectivity index (χ1v) is 5.30. The van der Waals surface area contributed by atoms with Gasteiger partial charge in [-0.1, -0.05) is 13.3 Å². The Hall–Kier alpha value is -0.610. The SMILES string of the molecule is CCC[C@H]1CC(=O)N2C[C@H](O)[C@@H](O)[C@H]12. The zero-order valence-electron chi connectivity index (χ0n) is 8.39. The van der Waals surface area contributed by atoms with Crippen LogP contribution in [0.2, 0.25) is 0 Å². The van der Waals surface area contributed by atoms with Gasteiger partial charge in [-0.15, -0.1) is 0 Å². The van der Waals surface area contributed by atoms with Gasteiger partial charge < -0.3 is 15.1 Å². The largest absolute Gasteiger partial charge is 0.388 e. The van der Waals surface area contributed by atoms with Crippen LogP contribution in [-0.4, -0.2) is 45.8 Å². The number of amides is 1. The van der Waals surface area contributed by atoms with Crippen LogP contribution in [0.15, 0.2) is 0 Å². The fourth-order valence-electron chi connectivity index (χ4n) is 2.75. The Morgan fingerprint density at radius 1 is 1.50 bits per heavy atom. The van der Waals surface area contributed by atoms with E-state index in [2.05, 4.69) is 6.92 Å². The van der Waals surface area contributed by atoms with Gasteiger partial charge >= 0.3 is 0 Å². The number of aliphatic hydroxyl groups excluding tert-OH is 2. The molecule has 1 amide bonds. The van der Waals surface area contributed by atoms with E-state index >= 15 is 0 Å². The Labute approximate surface area is 83.5 Å². The molecule has 4 heteroatoms. The quantitative estimate of drug-likeness (QED) is 0.644. The molecule has 0 aromatic rings. The van der Waals surface area contributed by atoms with Crippen molar-refractivity contribution in [3.05, 3.63) is 0 Å². The molecule has 80 valence electrons. The Morgan fingerprint density at radius 3 is 2.86 bits per heavy atom. The lowest BCUT2D eigenvalue weighted by atomic mass is 9.91. The molecule has 14 heavy (non-hydrogen) atoms. The Bertz CT molecular complexity index is 244. The summed E-state index contributed by atoms with van der Waals surface area (Å²) in [4.78, 5) is 13.2. The summed E-state index contributed by atoms with van der Waals surface area (Å²) in [5.74, 6) is 0.323. The Balaban J connectivity index is 2.14. The summed E-state index contributed by atoms with van der Waals surface area (Å²) >= 11 is 0. The first-order valence-electron chi connectivity index (χ1n) is 5.30. The van der Waals surface area contributed by atoms with Crippen LogP contribution < -0.4 is 0 Å². The first-order chi connectivity index (χ1) is 6.65. The molecule has 0 aromatic heterocycles. The monoisotopic (exact) mass is 199 g/mol. The second kappa shape index (κ2) is 3.51. The summed E-state index contributed by atoms with van der Waals surface area (Å²) in [7, 11) is 0. The molecular formula is C10H17NO3. The highest BCUT2D eigenvalue weighted by molar-refractivity contribution is 5.80. The van der Waals surface area contributed by atoms with E-state index < -0.39 is 12.2 Å². The predicted octanol–water partition coefficient (Wildman–Crippen LogP) is -0.261. The third kappa shape index (κ3) is 1.33. The van der Waals surface area contributed by atoms with Crippen LogP contribution in [0.1, 0.15) is 26.2 Å². The molecule has 0 aromatic carbocycles. The van der Waals surface area contributed by atoms with Gasteiger partial charge in [0, 0.05) is 13.0 Å². The molecule has 4 nitrogen and oxygen atoms in total. The normalized spacial score (nSPS) is 41.9. The molecular weight excluding hydrogens is 182 g/mol. The minimum atomic E-state index is -0.747. The fourth-order valence-corrected chi connectivity index (χ4v) is 2.75. The number of rotatable bonds is 2. The van der Waals surface area contributed by atoms with Gasteiger partial charge in [-0.25, -0.2) is 0 Å². The van der Waals surface area contributed by atoms with Crippen LogP contribution >= 0.6 is 0 Å². The zero-order chi connectivity index (χ0) is 10.3. The number of aliphatic hydroxyl groups is 2. The van der Waals surface area contributed by atoms with Gasteiger partial charge in [-0.05, 0) is 12.3 Å². The molecule has 0 spiro atoms. The Morgan fingerprint density at radius 2 is 2.21 bits per heavy atom. The van der Waals surface area contributed by atoms with E-state index in [1.807, 2.05) is 0 Å². The van der Waals surface area contributed by atoms with Crippen molar-refractivity contribution >= 4 is 5.91 Å². The molecule has 4 atom stereocenters. The maximum absolute atomic E-state index is 11.5. The summed E-state index contributed by atoms with van der Waals surface area (Å²) in [6, 6.07) is -0.127. The lowest BCUT2D eigenvalue weighted by molar-refractivity contribution is -0.128. The maximum Gasteiger partial charge on any atom is 0.223 e. The van der Waals surface area contributed by atoms with Crippen molar-refractivity contribution in [3.63, 3.8) is 0 Å². The molecule has 2 rings (SSSR count). The number of carbonyl (C=O) groups excluding carboxylic acids is 1. The fraction of sp³-hybridized carbons (Fsp3) is 0.900. The summed E-state index contributed by atoms with van der Waals surface area (Å²) in [6.45, 7) is 2.38. The van der Waals surface area contributed by atoms with Crippen LogP contribution in [0.4, 0.5) is 0 Å². The maximum atomic E-state index is 11.5. The minimum absolute atomic E-state index is 0.0871.